The molecule has 2 rings (SSSR count). The Morgan fingerprint density at radius 3 is 2.03 bits per heavy atom. The Balaban J connectivity index is 1.85. The number of aliphatic hydroxyl groups excluding tert-OH is 3. The molecule has 0 spiro atoms. The van der Waals surface area contributed by atoms with E-state index in [-0.39, 0.29) is 18.7 Å². The van der Waals surface area contributed by atoms with Gasteiger partial charge in [-0.15, -0.1) is 0 Å². The molecule has 0 aromatic carbocycles. The third-order valence-electron chi connectivity index (χ3n) is 11.2. The van der Waals surface area contributed by atoms with Crippen LogP contribution in [0.2, 0.25) is 0 Å². The second-order valence-corrected chi connectivity index (χ2v) is 20.6. The average molecular weight is 1040 g/mol. The van der Waals surface area contributed by atoms with Crippen LogP contribution in [0.4, 0.5) is 5.82 Å². The van der Waals surface area contributed by atoms with Crippen molar-refractivity contribution < 1.29 is 71.4 Å². The molecule has 1 fully saturated rings. The Bertz CT molecular complexity index is 1940. The van der Waals surface area contributed by atoms with E-state index in [9.17, 15) is 48.6 Å². The molecule has 1 saturated heterocycles. The minimum atomic E-state index is -5.45. The number of nitrogen functional groups attached to an aromatic ring is 1. The highest BCUT2D eigenvalue weighted by Crippen LogP contribution is 2.60. The van der Waals surface area contributed by atoms with Gasteiger partial charge in [0.1, 0.15) is 30.7 Å². The van der Waals surface area contributed by atoms with Crippen LogP contribution in [-0.2, 0) is 46.3 Å². The fourth-order valence-electron chi connectivity index (χ4n) is 7.14. The Hall–Kier alpha value is -3.58. The number of allylic oxidation sites excluding steroid dienone is 8. The van der Waals surface area contributed by atoms with Gasteiger partial charge in [-0.2, -0.15) is 9.29 Å². The summed E-state index contributed by atoms with van der Waals surface area (Å²) in [5, 5.41) is 31.0. The molecule has 8 atom stereocenters. The van der Waals surface area contributed by atoms with Gasteiger partial charge in [0.2, 0.25) is 0 Å². The highest BCUT2D eigenvalue weighted by molar-refractivity contribution is 7.61. The minimum Gasteiger partial charge on any atom is -0.462 e. The van der Waals surface area contributed by atoms with Crippen molar-refractivity contribution in [3.05, 3.63) is 83.5 Å². The van der Waals surface area contributed by atoms with Crippen LogP contribution in [0.1, 0.15) is 168 Å². The lowest BCUT2D eigenvalue weighted by Crippen LogP contribution is -2.36. The molecule has 71 heavy (non-hydrogen) atoms. The van der Waals surface area contributed by atoms with E-state index in [4.69, 9.17) is 29.0 Å². The maximum atomic E-state index is 12.8. The average Bonchev–Trinajstić information content (AvgIpc) is 3.60. The fourth-order valence-corrected chi connectivity index (χ4v) is 9.25. The van der Waals surface area contributed by atoms with Crippen LogP contribution in [0, 0.1) is 0 Å². The molecule has 19 nitrogen and oxygen atoms in total. The zero-order valence-corrected chi connectivity index (χ0v) is 43.7. The molecule has 1 aromatic rings. The summed E-state index contributed by atoms with van der Waals surface area (Å²) in [6.45, 7) is 1.97. The first kappa shape index (κ1) is 63.5. The van der Waals surface area contributed by atoms with Crippen molar-refractivity contribution in [1.29, 1.82) is 0 Å². The predicted molar refractivity (Wildman–Crippen MR) is 272 cm³/mol. The smallest absolute Gasteiger partial charge is 0.462 e. The summed E-state index contributed by atoms with van der Waals surface area (Å²) in [5.41, 5.74) is 4.57. The highest BCUT2D eigenvalue weighted by atomic mass is 31.3. The second-order valence-electron chi connectivity index (χ2n) is 17.5. The summed E-state index contributed by atoms with van der Waals surface area (Å²) < 4.78 is 56.7. The zero-order chi connectivity index (χ0) is 52.2. The minimum absolute atomic E-state index is 0.0624. The molecule has 0 aliphatic carbocycles. The van der Waals surface area contributed by atoms with Gasteiger partial charge in [-0.1, -0.05) is 139 Å². The molecule has 0 saturated carbocycles. The number of rotatable bonds is 41. The number of phosphoric ester groups is 2. The molecule has 404 valence electrons. The van der Waals surface area contributed by atoms with Crippen molar-refractivity contribution in [2.75, 3.05) is 25.6 Å². The summed E-state index contributed by atoms with van der Waals surface area (Å²) in [4.78, 5) is 61.9. The van der Waals surface area contributed by atoms with E-state index in [1.807, 2.05) is 36.5 Å². The second kappa shape index (κ2) is 38.1. The van der Waals surface area contributed by atoms with Crippen LogP contribution in [0.25, 0.3) is 0 Å². The van der Waals surface area contributed by atoms with Gasteiger partial charge < -0.3 is 45.1 Å². The Kier molecular flexibility index (Phi) is 34.1. The van der Waals surface area contributed by atoms with Crippen LogP contribution in [0.15, 0.2) is 77.8 Å². The summed E-state index contributed by atoms with van der Waals surface area (Å²) in [6.07, 6.45) is 33.3. The van der Waals surface area contributed by atoms with Crippen molar-refractivity contribution in [3.63, 3.8) is 0 Å². The Morgan fingerprint density at radius 2 is 1.32 bits per heavy atom. The molecule has 21 heteroatoms. The number of phosphoric acid groups is 2. The molecule has 0 radical (unpaired) electrons. The maximum Gasteiger partial charge on any atom is 0.481 e. The third-order valence-corrected chi connectivity index (χ3v) is 13.8. The molecule has 0 bridgehead atoms. The molecular formula is C50H83N3O16P2. The van der Waals surface area contributed by atoms with E-state index in [1.165, 1.54) is 44.6 Å². The number of aromatic nitrogens is 2. The lowest BCUT2D eigenvalue weighted by molar-refractivity contribution is -0.161. The largest absolute Gasteiger partial charge is 0.481 e. The molecule has 1 aliphatic heterocycles. The predicted octanol–water partition coefficient (Wildman–Crippen LogP) is 9.30. The number of hydrogen-bond acceptors (Lipinski definition) is 16. The van der Waals surface area contributed by atoms with Gasteiger partial charge in [0.25, 0.3) is 0 Å². The van der Waals surface area contributed by atoms with E-state index in [0.29, 0.717) is 32.1 Å². The molecule has 1 aromatic heterocycles. The van der Waals surface area contributed by atoms with Crippen LogP contribution < -0.4 is 11.4 Å². The van der Waals surface area contributed by atoms with Crippen LogP contribution in [0.5, 0.6) is 0 Å². The van der Waals surface area contributed by atoms with Crippen LogP contribution >= 0.6 is 15.6 Å². The highest BCUT2D eigenvalue weighted by Gasteiger charge is 2.46. The number of esters is 2. The Labute approximate surface area is 420 Å². The quantitative estimate of drug-likeness (QED) is 0.0117. The number of nitrogens with two attached hydrogens (primary N) is 1. The number of carbonyl (C=O) groups excluding carboxylic acids is 2. The van der Waals surface area contributed by atoms with Crippen molar-refractivity contribution in [2.24, 2.45) is 0 Å². The van der Waals surface area contributed by atoms with Gasteiger partial charge >= 0.3 is 33.3 Å². The van der Waals surface area contributed by atoms with E-state index >= 15 is 0 Å². The molecular weight excluding hydrogens is 961 g/mol. The van der Waals surface area contributed by atoms with E-state index < -0.39 is 89.8 Å². The molecule has 0 amide bonds. The van der Waals surface area contributed by atoms with Crippen molar-refractivity contribution in [2.45, 2.75) is 198 Å². The SMILES string of the molecule is CCCCC/C=C\C=C/[C@H](O)C/C=C\C/C=C/CCCC(=O)O[C@H](COC(=O)CCCCCCCCC/C=C\CCCCCC)COP(=O)(O)OP(=O)(O)OC[C@H]1O[C@@H](n2ccc(N)nc2=O)[C@H](O)[C@@H]1O. The summed E-state index contributed by atoms with van der Waals surface area (Å²) in [7, 11) is -10.9. The molecule has 2 unspecified atom stereocenters. The van der Waals surface area contributed by atoms with Crippen molar-refractivity contribution in [1.82, 2.24) is 9.55 Å². The fraction of sp³-hybridized carbons (Fsp3) is 0.680. The first-order valence-electron chi connectivity index (χ1n) is 25.4. The maximum absolute atomic E-state index is 12.8. The lowest BCUT2D eigenvalue weighted by atomic mass is 10.1. The number of unbranched alkanes of at least 4 members (excludes halogenated alkanes) is 15. The lowest BCUT2D eigenvalue weighted by Gasteiger charge is -2.21. The van der Waals surface area contributed by atoms with Gasteiger partial charge in [-0.25, -0.2) is 13.9 Å². The van der Waals surface area contributed by atoms with Crippen LogP contribution in [0.3, 0.4) is 0 Å². The van der Waals surface area contributed by atoms with Crippen LogP contribution in [-0.4, -0.2) is 96.9 Å². The number of aliphatic hydroxyl groups is 3. The summed E-state index contributed by atoms with van der Waals surface area (Å²) in [6, 6.07) is 1.24. The van der Waals surface area contributed by atoms with Crippen molar-refractivity contribution in [3.8, 4) is 0 Å². The topological polar surface area (TPSA) is 286 Å². The van der Waals surface area contributed by atoms with E-state index in [1.54, 1.807) is 6.08 Å². The van der Waals surface area contributed by atoms with Gasteiger partial charge in [-0.05, 0) is 76.7 Å². The van der Waals surface area contributed by atoms with E-state index in [2.05, 4.69) is 41.4 Å². The number of anilines is 1. The van der Waals surface area contributed by atoms with Gasteiger partial charge in [0, 0.05) is 19.0 Å². The monoisotopic (exact) mass is 1040 g/mol. The van der Waals surface area contributed by atoms with Gasteiger partial charge in [-0.3, -0.25) is 23.2 Å². The number of ether oxygens (including phenoxy) is 3. The number of carbonyl (C=O) groups is 2. The zero-order valence-electron chi connectivity index (χ0n) is 41.9. The summed E-state index contributed by atoms with van der Waals surface area (Å²) in [5.74, 6) is -1.42. The van der Waals surface area contributed by atoms with Gasteiger partial charge in [0.05, 0.1) is 19.3 Å². The molecule has 2 heterocycles. The number of hydrogen-bond donors (Lipinski definition) is 6. The van der Waals surface area contributed by atoms with E-state index in [0.717, 1.165) is 75.0 Å². The number of nitrogens with zero attached hydrogens (tertiary/aromatic N) is 2. The van der Waals surface area contributed by atoms with Crippen molar-refractivity contribution >= 4 is 33.4 Å². The normalized spacial score (nSPS) is 20.1. The first-order chi connectivity index (χ1) is 34.1. The third kappa shape index (κ3) is 30.9. The molecule has 7 N–H and O–H groups in total. The Morgan fingerprint density at radius 1 is 0.746 bits per heavy atom. The van der Waals surface area contributed by atoms with Gasteiger partial charge in [0.15, 0.2) is 12.3 Å². The molecule has 1 aliphatic rings. The first-order valence-corrected chi connectivity index (χ1v) is 28.4. The standard InChI is InChI=1S/C50H83N3O16P2/c1-3-5-7-9-11-12-13-14-15-16-17-18-22-26-30-34-45(55)64-38-42(67-46(56)35-31-27-23-19-21-25-29-33-41(54)32-28-24-20-10-8-6-4-2)39-65-70(60,61)69-71(62,63)66-40-43-47(57)48(58)49(68-43)53-37-36-44(51)52-50(53)59/h12-13,19-20,23-25,28-29,32,36-37,41-43,47-49,54,57-58H,3-11,14-18,21-22,26-27,30-31,33-35,38-40H2,1-2H3,(H,60,61)(H,62,63)(H2,51,52,59)/b13-12-,23-19+,24-20-,29-25-,32-28-/t41-,42+,43+,47+,48+,49+/m0/s1. The summed E-state index contributed by atoms with van der Waals surface area (Å²) >= 11 is 0.